The SMILES string of the molecule is Cc1ccc(S(=O)(=O)CCC(=O)OCc2ccccn2)cc1. The standard InChI is InChI=1S/C16H17NO4S/c1-13-5-7-15(8-6-13)22(19,20)11-9-16(18)21-12-14-4-2-3-10-17-14/h2-8,10H,9,11-12H2,1H3. The molecule has 0 saturated carbocycles. The van der Waals surface area contributed by atoms with E-state index in [1.807, 2.05) is 6.92 Å². The van der Waals surface area contributed by atoms with E-state index in [0.29, 0.717) is 5.69 Å². The van der Waals surface area contributed by atoms with Crippen LogP contribution in [0.15, 0.2) is 53.6 Å². The Morgan fingerprint density at radius 3 is 2.50 bits per heavy atom. The molecule has 1 aromatic carbocycles. The molecular weight excluding hydrogens is 302 g/mol. The first-order valence-corrected chi connectivity index (χ1v) is 8.47. The number of nitrogens with zero attached hydrogens (tertiary/aromatic N) is 1. The molecule has 1 heterocycles. The molecule has 0 unspecified atom stereocenters. The normalized spacial score (nSPS) is 11.1. The van der Waals surface area contributed by atoms with Crippen LogP contribution >= 0.6 is 0 Å². The summed E-state index contributed by atoms with van der Waals surface area (Å²) in [5.74, 6) is -0.821. The molecule has 0 bridgehead atoms. The van der Waals surface area contributed by atoms with Crippen LogP contribution in [0.25, 0.3) is 0 Å². The lowest BCUT2D eigenvalue weighted by Gasteiger charge is -2.06. The monoisotopic (exact) mass is 319 g/mol. The van der Waals surface area contributed by atoms with Gasteiger partial charge in [-0.1, -0.05) is 23.8 Å². The van der Waals surface area contributed by atoms with Crippen molar-refractivity contribution in [2.75, 3.05) is 5.75 Å². The summed E-state index contributed by atoms with van der Waals surface area (Å²) in [7, 11) is -3.47. The molecule has 0 aliphatic heterocycles. The quantitative estimate of drug-likeness (QED) is 0.764. The van der Waals surface area contributed by atoms with Gasteiger partial charge in [0.25, 0.3) is 0 Å². The van der Waals surface area contributed by atoms with E-state index in [0.717, 1.165) is 5.56 Å². The lowest BCUT2D eigenvalue weighted by molar-refractivity contribution is -0.144. The third kappa shape index (κ3) is 4.66. The zero-order chi connectivity index (χ0) is 16.0. The number of rotatable bonds is 6. The largest absolute Gasteiger partial charge is 0.459 e. The number of esters is 1. The lowest BCUT2D eigenvalue weighted by atomic mass is 10.2. The van der Waals surface area contributed by atoms with Crippen LogP contribution in [-0.4, -0.2) is 25.1 Å². The number of sulfone groups is 1. The Hall–Kier alpha value is -2.21. The molecule has 5 nitrogen and oxygen atoms in total. The first-order chi connectivity index (χ1) is 10.5. The van der Waals surface area contributed by atoms with Crippen LogP contribution in [0.5, 0.6) is 0 Å². The molecule has 1 aromatic heterocycles. The van der Waals surface area contributed by atoms with Gasteiger partial charge in [-0.05, 0) is 31.2 Å². The molecule has 0 radical (unpaired) electrons. The lowest BCUT2D eigenvalue weighted by Crippen LogP contribution is -2.13. The van der Waals surface area contributed by atoms with Crippen LogP contribution in [0.3, 0.4) is 0 Å². The van der Waals surface area contributed by atoms with Crippen molar-refractivity contribution in [3.05, 3.63) is 59.9 Å². The number of ether oxygens (including phenoxy) is 1. The zero-order valence-corrected chi connectivity index (χ0v) is 13.0. The molecule has 0 fully saturated rings. The van der Waals surface area contributed by atoms with E-state index in [4.69, 9.17) is 4.74 Å². The second-order valence-electron chi connectivity index (χ2n) is 4.86. The Balaban J connectivity index is 1.86. The van der Waals surface area contributed by atoms with E-state index in [1.165, 1.54) is 0 Å². The maximum atomic E-state index is 12.1. The molecule has 6 heteroatoms. The summed E-state index contributed by atoms with van der Waals surface area (Å²) in [6, 6.07) is 11.8. The van der Waals surface area contributed by atoms with Gasteiger partial charge in [-0.25, -0.2) is 8.42 Å². The highest BCUT2D eigenvalue weighted by Gasteiger charge is 2.17. The van der Waals surface area contributed by atoms with Crippen molar-refractivity contribution in [2.45, 2.75) is 24.8 Å². The minimum absolute atomic E-state index is 0.0459. The van der Waals surface area contributed by atoms with Crippen LogP contribution < -0.4 is 0 Å². The third-order valence-electron chi connectivity index (χ3n) is 3.06. The molecule has 0 N–H and O–H groups in total. The first-order valence-electron chi connectivity index (χ1n) is 6.82. The van der Waals surface area contributed by atoms with Gasteiger partial charge in [0.05, 0.1) is 22.8 Å². The van der Waals surface area contributed by atoms with Gasteiger partial charge in [0.15, 0.2) is 9.84 Å². The molecular formula is C16H17NO4S. The number of benzene rings is 1. The summed E-state index contributed by atoms with van der Waals surface area (Å²) in [6.45, 7) is 1.93. The number of hydrogen-bond acceptors (Lipinski definition) is 5. The Morgan fingerprint density at radius 2 is 1.86 bits per heavy atom. The van der Waals surface area contributed by atoms with Crippen molar-refractivity contribution >= 4 is 15.8 Å². The Morgan fingerprint density at radius 1 is 1.14 bits per heavy atom. The molecule has 2 aromatic rings. The second-order valence-corrected chi connectivity index (χ2v) is 6.97. The van der Waals surface area contributed by atoms with Crippen molar-refractivity contribution in [1.82, 2.24) is 4.98 Å². The Kier molecular flexibility index (Phi) is 5.27. The van der Waals surface area contributed by atoms with Gasteiger partial charge in [-0.3, -0.25) is 9.78 Å². The fraction of sp³-hybridized carbons (Fsp3) is 0.250. The summed E-state index contributed by atoms with van der Waals surface area (Å²) in [5, 5.41) is 0. The highest BCUT2D eigenvalue weighted by molar-refractivity contribution is 7.91. The van der Waals surface area contributed by atoms with E-state index < -0.39 is 15.8 Å². The number of carbonyl (C=O) groups is 1. The minimum Gasteiger partial charge on any atom is -0.459 e. The molecule has 0 amide bonds. The number of carbonyl (C=O) groups excluding carboxylic acids is 1. The second kappa shape index (κ2) is 7.17. The number of pyridine rings is 1. The van der Waals surface area contributed by atoms with Crippen LogP contribution in [0.1, 0.15) is 17.7 Å². The summed E-state index contributed by atoms with van der Waals surface area (Å²) in [6.07, 6.45) is 1.42. The highest BCUT2D eigenvalue weighted by atomic mass is 32.2. The van der Waals surface area contributed by atoms with Crippen molar-refractivity contribution in [3.63, 3.8) is 0 Å². The van der Waals surface area contributed by atoms with Crippen LogP contribution in [0.4, 0.5) is 0 Å². The molecule has 0 atom stereocenters. The summed E-state index contributed by atoms with van der Waals surface area (Å²) in [5.41, 5.74) is 1.60. The predicted octanol–water partition coefficient (Wildman–Crippen LogP) is 2.30. The van der Waals surface area contributed by atoms with Gasteiger partial charge in [-0.2, -0.15) is 0 Å². The van der Waals surface area contributed by atoms with Gasteiger partial charge in [0.2, 0.25) is 0 Å². The molecule has 0 aliphatic carbocycles. The molecule has 116 valence electrons. The van der Waals surface area contributed by atoms with E-state index in [2.05, 4.69) is 4.98 Å². The minimum atomic E-state index is -3.47. The van der Waals surface area contributed by atoms with Gasteiger partial charge < -0.3 is 4.74 Å². The van der Waals surface area contributed by atoms with Gasteiger partial charge in [0, 0.05) is 6.20 Å². The van der Waals surface area contributed by atoms with Gasteiger partial charge >= 0.3 is 5.97 Å². The highest BCUT2D eigenvalue weighted by Crippen LogP contribution is 2.13. The van der Waals surface area contributed by atoms with E-state index in [1.54, 1.807) is 48.7 Å². The van der Waals surface area contributed by atoms with Crippen molar-refractivity contribution < 1.29 is 17.9 Å². The fourth-order valence-electron chi connectivity index (χ4n) is 1.79. The van der Waals surface area contributed by atoms with E-state index in [-0.39, 0.29) is 23.7 Å². The van der Waals surface area contributed by atoms with Gasteiger partial charge in [-0.15, -0.1) is 0 Å². The Labute approximate surface area is 129 Å². The predicted molar refractivity (Wildman–Crippen MR) is 81.9 cm³/mol. The fourth-order valence-corrected chi connectivity index (χ4v) is 3.01. The molecule has 0 saturated heterocycles. The van der Waals surface area contributed by atoms with Crippen LogP contribution in [0, 0.1) is 6.92 Å². The number of aryl methyl sites for hydroxylation is 1. The van der Waals surface area contributed by atoms with Crippen LogP contribution in [-0.2, 0) is 26.0 Å². The zero-order valence-electron chi connectivity index (χ0n) is 12.2. The van der Waals surface area contributed by atoms with Crippen molar-refractivity contribution in [3.8, 4) is 0 Å². The smallest absolute Gasteiger partial charge is 0.307 e. The average Bonchev–Trinajstić information content (AvgIpc) is 2.52. The number of hydrogen-bond donors (Lipinski definition) is 0. The molecule has 0 spiro atoms. The van der Waals surface area contributed by atoms with Crippen molar-refractivity contribution in [1.29, 1.82) is 0 Å². The van der Waals surface area contributed by atoms with E-state index >= 15 is 0 Å². The van der Waals surface area contributed by atoms with Crippen molar-refractivity contribution in [2.24, 2.45) is 0 Å². The number of aromatic nitrogens is 1. The molecule has 22 heavy (non-hydrogen) atoms. The summed E-state index contributed by atoms with van der Waals surface area (Å²) in [4.78, 5) is 15.9. The Bertz CT molecular complexity index is 725. The van der Waals surface area contributed by atoms with E-state index in [9.17, 15) is 13.2 Å². The molecule has 2 rings (SSSR count). The average molecular weight is 319 g/mol. The first kappa shape index (κ1) is 16.2. The summed E-state index contributed by atoms with van der Waals surface area (Å²) < 4.78 is 29.2. The third-order valence-corrected chi connectivity index (χ3v) is 4.79. The van der Waals surface area contributed by atoms with Gasteiger partial charge in [0.1, 0.15) is 6.61 Å². The maximum absolute atomic E-state index is 12.1. The maximum Gasteiger partial charge on any atom is 0.307 e. The molecule has 0 aliphatic rings. The summed E-state index contributed by atoms with van der Waals surface area (Å²) >= 11 is 0. The van der Waals surface area contributed by atoms with Crippen LogP contribution in [0.2, 0.25) is 0 Å². The topological polar surface area (TPSA) is 73.3 Å².